The van der Waals surface area contributed by atoms with Gasteiger partial charge in [-0.2, -0.15) is 0 Å². The summed E-state index contributed by atoms with van der Waals surface area (Å²) in [5, 5.41) is 11.0. The van der Waals surface area contributed by atoms with Crippen LogP contribution < -0.4 is 9.47 Å². The summed E-state index contributed by atoms with van der Waals surface area (Å²) in [7, 11) is 1.51. The lowest BCUT2D eigenvalue weighted by Crippen LogP contribution is -1.95. The van der Waals surface area contributed by atoms with Gasteiger partial charge < -0.3 is 9.47 Å². The van der Waals surface area contributed by atoms with Crippen LogP contribution in [0.5, 0.6) is 17.2 Å². The molecular formula is C14H11NO5. The highest BCUT2D eigenvalue weighted by molar-refractivity contribution is 5.77. The monoisotopic (exact) mass is 273 g/mol. The summed E-state index contributed by atoms with van der Waals surface area (Å²) in [6.45, 7) is 0. The molecule has 6 heteroatoms. The molecule has 0 heterocycles. The zero-order valence-electron chi connectivity index (χ0n) is 10.6. The number of aldehydes is 1. The first kappa shape index (κ1) is 13.5. The van der Waals surface area contributed by atoms with Crippen molar-refractivity contribution in [3.05, 3.63) is 58.1 Å². The van der Waals surface area contributed by atoms with Crippen molar-refractivity contribution in [2.75, 3.05) is 7.11 Å². The molecule has 0 aromatic heterocycles. The Bertz CT molecular complexity index is 654. The zero-order chi connectivity index (χ0) is 14.5. The predicted octanol–water partition coefficient (Wildman–Crippen LogP) is 3.21. The molecule has 0 fully saturated rings. The lowest BCUT2D eigenvalue weighted by atomic mass is 10.2. The van der Waals surface area contributed by atoms with E-state index in [2.05, 4.69) is 0 Å². The van der Waals surface area contributed by atoms with Crippen LogP contribution in [0, 0.1) is 10.1 Å². The average molecular weight is 273 g/mol. The maximum atomic E-state index is 11.0. The van der Waals surface area contributed by atoms with Gasteiger partial charge in [0.05, 0.1) is 12.0 Å². The summed E-state index contributed by atoms with van der Waals surface area (Å²) in [6, 6.07) is 10.7. The Labute approximate surface area is 114 Å². The van der Waals surface area contributed by atoms with Crippen molar-refractivity contribution in [1.82, 2.24) is 0 Å². The fourth-order valence-corrected chi connectivity index (χ4v) is 1.63. The van der Waals surface area contributed by atoms with E-state index >= 15 is 0 Å². The zero-order valence-corrected chi connectivity index (χ0v) is 10.6. The Balaban J connectivity index is 2.37. The van der Waals surface area contributed by atoms with Crippen LogP contribution in [0.3, 0.4) is 0 Å². The molecule has 2 aromatic rings. The van der Waals surface area contributed by atoms with E-state index in [1.165, 1.54) is 25.3 Å². The highest BCUT2D eigenvalue weighted by Gasteiger charge is 2.16. The first-order valence-electron chi connectivity index (χ1n) is 5.69. The third-order valence-electron chi connectivity index (χ3n) is 2.58. The number of hydrogen-bond donors (Lipinski definition) is 0. The van der Waals surface area contributed by atoms with E-state index in [0.717, 1.165) is 0 Å². The number of nitro groups is 1. The molecule has 0 aliphatic carbocycles. The van der Waals surface area contributed by atoms with Crippen LogP contribution in [0.1, 0.15) is 10.4 Å². The van der Waals surface area contributed by atoms with Crippen LogP contribution in [0.25, 0.3) is 0 Å². The topological polar surface area (TPSA) is 78.7 Å². The molecule has 0 saturated heterocycles. The number of carbonyl (C=O) groups excluding carboxylic acids is 1. The van der Waals surface area contributed by atoms with Crippen molar-refractivity contribution in [1.29, 1.82) is 0 Å². The van der Waals surface area contributed by atoms with E-state index < -0.39 is 4.92 Å². The van der Waals surface area contributed by atoms with Gasteiger partial charge in [0.1, 0.15) is 17.8 Å². The summed E-state index contributed by atoms with van der Waals surface area (Å²) in [5.41, 5.74) is -0.0490. The van der Waals surface area contributed by atoms with E-state index in [-0.39, 0.29) is 17.0 Å². The fourth-order valence-electron chi connectivity index (χ4n) is 1.63. The first-order chi connectivity index (χ1) is 9.63. The number of carbonyl (C=O) groups is 1. The van der Waals surface area contributed by atoms with Gasteiger partial charge in [-0.1, -0.05) is 6.07 Å². The van der Waals surface area contributed by atoms with E-state index in [4.69, 9.17) is 9.47 Å². The van der Waals surface area contributed by atoms with Crippen molar-refractivity contribution in [2.45, 2.75) is 0 Å². The van der Waals surface area contributed by atoms with Gasteiger partial charge in [-0.3, -0.25) is 14.9 Å². The quantitative estimate of drug-likeness (QED) is 0.475. The third kappa shape index (κ3) is 2.92. The van der Waals surface area contributed by atoms with Crippen LogP contribution in [0.4, 0.5) is 5.69 Å². The highest BCUT2D eigenvalue weighted by atomic mass is 16.6. The van der Waals surface area contributed by atoms with Gasteiger partial charge in [0, 0.05) is 17.7 Å². The summed E-state index contributed by atoms with van der Waals surface area (Å²) in [6.07, 6.45) is 0.544. The smallest absolute Gasteiger partial charge is 0.312 e. The van der Waals surface area contributed by atoms with Gasteiger partial charge in [0.25, 0.3) is 0 Å². The van der Waals surface area contributed by atoms with Gasteiger partial charge in [-0.05, 0) is 24.3 Å². The number of nitro benzene ring substituents is 1. The normalized spacial score (nSPS) is 9.85. The van der Waals surface area contributed by atoms with E-state index in [1.807, 2.05) is 0 Å². The molecule has 0 aliphatic heterocycles. The average Bonchev–Trinajstić information content (AvgIpc) is 2.47. The molecule has 2 rings (SSSR count). The Hall–Kier alpha value is -2.89. The van der Waals surface area contributed by atoms with Crippen LogP contribution in [-0.2, 0) is 0 Å². The van der Waals surface area contributed by atoms with Crippen molar-refractivity contribution in [2.24, 2.45) is 0 Å². The van der Waals surface area contributed by atoms with Crippen LogP contribution in [0.15, 0.2) is 42.5 Å². The van der Waals surface area contributed by atoms with E-state index in [1.54, 1.807) is 24.3 Å². The Morgan fingerprint density at radius 2 is 1.90 bits per heavy atom. The van der Waals surface area contributed by atoms with Crippen molar-refractivity contribution < 1.29 is 19.2 Å². The Morgan fingerprint density at radius 3 is 2.55 bits per heavy atom. The number of methoxy groups -OCH3 is 1. The molecule has 0 aliphatic rings. The molecule has 0 N–H and O–H groups in total. The van der Waals surface area contributed by atoms with Crippen LogP contribution >= 0.6 is 0 Å². The summed E-state index contributed by atoms with van der Waals surface area (Å²) in [4.78, 5) is 21.0. The SMILES string of the molecule is COc1cccc(Oc2ccc(C=O)cc2[N+](=O)[O-])c1. The molecule has 0 saturated carbocycles. The highest BCUT2D eigenvalue weighted by Crippen LogP contribution is 2.33. The van der Waals surface area contributed by atoms with Gasteiger partial charge in [-0.25, -0.2) is 0 Å². The van der Waals surface area contributed by atoms with Crippen molar-refractivity contribution in [3.63, 3.8) is 0 Å². The second kappa shape index (κ2) is 5.83. The summed E-state index contributed by atoms with van der Waals surface area (Å²) < 4.78 is 10.5. The molecular weight excluding hydrogens is 262 g/mol. The fraction of sp³-hybridized carbons (Fsp3) is 0.0714. The first-order valence-corrected chi connectivity index (χ1v) is 5.69. The number of ether oxygens (including phenoxy) is 2. The lowest BCUT2D eigenvalue weighted by Gasteiger charge is -2.08. The Kier molecular flexibility index (Phi) is 3.95. The molecule has 20 heavy (non-hydrogen) atoms. The molecule has 0 atom stereocenters. The summed E-state index contributed by atoms with van der Waals surface area (Å²) in [5.74, 6) is 1.05. The van der Waals surface area contributed by atoms with Gasteiger partial charge >= 0.3 is 5.69 Å². The van der Waals surface area contributed by atoms with E-state index in [9.17, 15) is 14.9 Å². The number of benzene rings is 2. The van der Waals surface area contributed by atoms with Gasteiger partial charge in [0.15, 0.2) is 0 Å². The minimum atomic E-state index is -0.595. The second-order valence-corrected chi connectivity index (χ2v) is 3.88. The molecule has 102 valence electrons. The van der Waals surface area contributed by atoms with Crippen LogP contribution in [0.2, 0.25) is 0 Å². The molecule has 0 unspecified atom stereocenters. The summed E-state index contributed by atoms with van der Waals surface area (Å²) >= 11 is 0. The maximum Gasteiger partial charge on any atom is 0.312 e. The number of rotatable bonds is 5. The minimum Gasteiger partial charge on any atom is -0.497 e. The van der Waals surface area contributed by atoms with Crippen LogP contribution in [-0.4, -0.2) is 18.3 Å². The van der Waals surface area contributed by atoms with E-state index in [0.29, 0.717) is 17.8 Å². The molecule has 0 amide bonds. The molecule has 0 spiro atoms. The third-order valence-corrected chi connectivity index (χ3v) is 2.58. The number of nitrogens with zero attached hydrogens (tertiary/aromatic N) is 1. The van der Waals surface area contributed by atoms with Gasteiger partial charge in [-0.15, -0.1) is 0 Å². The van der Waals surface area contributed by atoms with Crippen molar-refractivity contribution >= 4 is 12.0 Å². The Morgan fingerprint density at radius 1 is 1.15 bits per heavy atom. The molecule has 2 aromatic carbocycles. The maximum absolute atomic E-state index is 11.0. The predicted molar refractivity (Wildman–Crippen MR) is 71.6 cm³/mol. The number of hydrogen-bond acceptors (Lipinski definition) is 5. The van der Waals surface area contributed by atoms with Gasteiger partial charge in [0.2, 0.25) is 5.75 Å². The minimum absolute atomic E-state index is 0.0638. The largest absolute Gasteiger partial charge is 0.497 e. The second-order valence-electron chi connectivity index (χ2n) is 3.88. The molecule has 0 radical (unpaired) electrons. The molecule has 0 bridgehead atoms. The lowest BCUT2D eigenvalue weighted by molar-refractivity contribution is -0.385. The standard InChI is InChI=1S/C14H11NO5/c1-19-11-3-2-4-12(8-11)20-14-6-5-10(9-16)7-13(14)15(17)18/h2-9H,1H3. The molecule has 6 nitrogen and oxygen atoms in total. The van der Waals surface area contributed by atoms with Crippen molar-refractivity contribution in [3.8, 4) is 17.2 Å².